The number of hydrogen-bond donors (Lipinski definition) is 0. The third-order valence-electron chi connectivity index (χ3n) is 9.11. The molecule has 10 heteroatoms. The van der Waals surface area contributed by atoms with Gasteiger partial charge in [0.2, 0.25) is 0 Å². The Kier molecular flexibility index (Phi) is 9.76. The number of rotatable bonds is 6. The summed E-state index contributed by atoms with van der Waals surface area (Å²) in [5.41, 5.74) is 0.819. The number of amides is 2. The predicted octanol–water partition coefficient (Wildman–Crippen LogP) is 6.27. The van der Waals surface area contributed by atoms with E-state index in [-0.39, 0.29) is 36.0 Å². The third-order valence-corrected chi connectivity index (χ3v) is 9.11. The van der Waals surface area contributed by atoms with E-state index in [1.807, 2.05) is 74.5 Å². The smallest absolute Gasteiger partial charge is 0.415 e. The Balaban J connectivity index is 0.000000175. The van der Waals surface area contributed by atoms with E-state index < -0.39 is 11.2 Å². The number of benzene rings is 2. The van der Waals surface area contributed by atoms with Gasteiger partial charge < -0.3 is 18.9 Å². The number of para-hydroxylation sites is 2. The van der Waals surface area contributed by atoms with Crippen LogP contribution in [0.1, 0.15) is 65.2 Å². The Morgan fingerprint density at radius 2 is 1.00 bits per heavy atom. The highest BCUT2D eigenvalue weighted by molar-refractivity contribution is 5.91. The van der Waals surface area contributed by atoms with Crippen LogP contribution in [-0.2, 0) is 28.5 Å². The van der Waals surface area contributed by atoms with Crippen molar-refractivity contribution in [1.29, 1.82) is 0 Å². The van der Waals surface area contributed by atoms with Crippen LogP contribution in [0.3, 0.4) is 0 Å². The molecule has 0 aromatic heterocycles. The maximum absolute atomic E-state index is 12.2. The van der Waals surface area contributed by atoms with Crippen molar-refractivity contribution in [3.8, 4) is 0 Å². The molecule has 0 unspecified atom stereocenters. The molecular formula is C34H42N2O8. The first kappa shape index (κ1) is 31.3. The summed E-state index contributed by atoms with van der Waals surface area (Å²) in [6.07, 6.45) is 5.14. The molecule has 4 aliphatic rings. The molecule has 2 saturated carbocycles. The van der Waals surface area contributed by atoms with Crippen LogP contribution in [0.4, 0.5) is 21.0 Å². The monoisotopic (exact) mass is 606 g/mol. The predicted molar refractivity (Wildman–Crippen MR) is 163 cm³/mol. The van der Waals surface area contributed by atoms with E-state index in [1.54, 1.807) is 9.80 Å². The first-order chi connectivity index (χ1) is 21.3. The van der Waals surface area contributed by atoms with Crippen LogP contribution in [0.5, 0.6) is 0 Å². The number of esters is 2. The molecule has 0 radical (unpaired) electrons. The molecule has 2 aromatic rings. The Morgan fingerprint density at radius 1 is 0.659 bits per heavy atom. The molecule has 2 aliphatic carbocycles. The van der Waals surface area contributed by atoms with Crippen molar-refractivity contribution in [2.45, 2.75) is 76.4 Å². The van der Waals surface area contributed by atoms with Crippen molar-refractivity contribution >= 4 is 35.5 Å². The van der Waals surface area contributed by atoms with E-state index in [0.29, 0.717) is 52.0 Å². The van der Waals surface area contributed by atoms with Gasteiger partial charge in [-0.25, -0.2) is 9.59 Å². The van der Waals surface area contributed by atoms with Gasteiger partial charge in [-0.2, -0.15) is 0 Å². The minimum atomic E-state index is -0.448. The lowest BCUT2D eigenvalue weighted by Crippen LogP contribution is -2.40. The van der Waals surface area contributed by atoms with Crippen LogP contribution < -0.4 is 9.80 Å². The maximum atomic E-state index is 12.2. The number of anilines is 2. The summed E-state index contributed by atoms with van der Waals surface area (Å²) in [4.78, 5) is 51.3. The van der Waals surface area contributed by atoms with E-state index in [0.717, 1.165) is 37.1 Å². The fraction of sp³-hybridized carbons (Fsp3) is 0.529. The molecule has 2 heterocycles. The summed E-state index contributed by atoms with van der Waals surface area (Å²) in [5.74, 6) is -0.367. The molecule has 4 fully saturated rings. The van der Waals surface area contributed by atoms with Crippen molar-refractivity contribution in [1.82, 2.24) is 0 Å². The van der Waals surface area contributed by atoms with Crippen LogP contribution >= 0.6 is 0 Å². The van der Waals surface area contributed by atoms with Crippen LogP contribution in [0.25, 0.3) is 0 Å². The molecule has 0 bridgehead atoms. The lowest BCUT2D eigenvalue weighted by molar-refractivity contribution is -0.151. The SMILES string of the molecule is CCOC(=O)C1CCC2(CC1)CN(c1ccccc1)C(=O)O2.CCOC(=O)C1CCC2(CC1)CN(c1ccccc1)C(=O)O2. The Labute approximate surface area is 258 Å². The Morgan fingerprint density at radius 3 is 1.32 bits per heavy atom. The fourth-order valence-corrected chi connectivity index (χ4v) is 6.66. The summed E-state index contributed by atoms with van der Waals surface area (Å²) in [6.45, 7) is 5.59. The second-order valence-electron chi connectivity index (χ2n) is 12.0. The minimum absolute atomic E-state index is 0.0601. The lowest BCUT2D eigenvalue weighted by atomic mass is 9.78. The molecule has 236 valence electrons. The van der Waals surface area contributed by atoms with Crippen LogP contribution in [-0.4, -0.2) is 61.6 Å². The van der Waals surface area contributed by atoms with Gasteiger partial charge in [0.15, 0.2) is 0 Å². The van der Waals surface area contributed by atoms with E-state index in [9.17, 15) is 19.2 Å². The minimum Gasteiger partial charge on any atom is -0.466 e. The van der Waals surface area contributed by atoms with Gasteiger partial charge in [0, 0.05) is 11.4 Å². The molecule has 10 nitrogen and oxygen atoms in total. The summed E-state index contributed by atoms with van der Waals surface area (Å²) in [6, 6.07) is 19.1. The zero-order valence-electron chi connectivity index (χ0n) is 25.6. The van der Waals surface area contributed by atoms with Gasteiger partial charge in [-0.3, -0.25) is 19.4 Å². The molecule has 44 heavy (non-hydrogen) atoms. The summed E-state index contributed by atoms with van der Waals surface area (Å²) >= 11 is 0. The summed E-state index contributed by atoms with van der Waals surface area (Å²) in [7, 11) is 0. The second kappa shape index (κ2) is 13.7. The second-order valence-corrected chi connectivity index (χ2v) is 12.0. The number of nitrogens with zero attached hydrogens (tertiary/aromatic N) is 2. The van der Waals surface area contributed by atoms with Crippen molar-refractivity contribution < 1.29 is 38.1 Å². The van der Waals surface area contributed by atoms with Crippen LogP contribution in [0.2, 0.25) is 0 Å². The van der Waals surface area contributed by atoms with Crippen molar-refractivity contribution in [3.63, 3.8) is 0 Å². The third kappa shape index (κ3) is 7.00. The molecule has 2 aliphatic heterocycles. The van der Waals surface area contributed by atoms with Crippen LogP contribution in [0.15, 0.2) is 60.7 Å². The molecule has 2 saturated heterocycles. The summed E-state index contributed by atoms with van der Waals surface area (Å²) in [5, 5.41) is 0. The number of carbonyl (C=O) groups excluding carboxylic acids is 4. The zero-order valence-corrected chi connectivity index (χ0v) is 25.6. The standard InChI is InChI=1S/2C17H21NO4/c2*1-2-21-15(19)13-8-10-17(11-9-13)12-18(16(20)22-17)14-6-4-3-5-7-14/h2*3-7,13H,2,8-12H2,1H3. The molecule has 2 amide bonds. The lowest BCUT2D eigenvalue weighted by Gasteiger charge is -2.34. The highest BCUT2D eigenvalue weighted by Gasteiger charge is 2.50. The Hall–Kier alpha value is -4.08. The van der Waals surface area contributed by atoms with Crippen molar-refractivity contribution in [2.24, 2.45) is 11.8 Å². The fourth-order valence-electron chi connectivity index (χ4n) is 6.66. The average molecular weight is 607 g/mol. The first-order valence-corrected chi connectivity index (χ1v) is 15.7. The van der Waals surface area contributed by atoms with Gasteiger partial charge in [0.05, 0.1) is 38.1 Å². The largest absolute Gasteiger partial charge is 0.466 e. The van der Waals surface area contributed by atoms with E-state index >= 15 is 0 Å². The van der Waals surface area contributed by atoms with E-state index in [4.69, 9.17) is 18.9 Å². The van der Waals surface area contributed by atoms with Gasteiger partial charge in [-0.1, -0.05) is 36.4 Å². The van der Waals surface area contributed by atoms with Crippen molar-refractivity contribution in [3.05, 3.63) is 60.7 Å². The van der Waals surface area contributed by atoms with Gasteiger partial charge in [0.25, 0.3) is 0 Å². The molecular weight excluding hydrogens is 564 g/mol. The highest BCUT2D eigenvalue weighted by Crippen LogP contribution is 2.42. The topological polar surface area (TPSA) is 112 Å². The average Bonchev–Trinajstić information content (AvgIpc) is 3.54. The van der Waals surface area contributed by atoms with Gasteiger partial charge >= 0.3 is 24.1 Å². The normalized spacial score (nSPS) is 27.8. The quantitative estimate of drug-likeness (QED) is 0.279. The van der Waals surface area contributed by atoms with Gasteiger partial charge in [-0.15, -0.1) is 0 Å². The highest BCUT2D eigenvalue weighted by atomic mass is 16.6. The number of ether oxygens (including phenoxy) is 4. The van der Waals surface area contributed by atoms with Gasteiger partial charge in [-0.05, 0) is 89.5 Å². The molecule has 0 N–H and O–H groups in total. The zero-order chi connectivity index (χ0) is 31.2. The summed E-state index contributed by atoms with van der Waals surface area (Å²) < 4.78 is 21.5. The number of hydrogen-bond acceptors (Lipinski definition) is 8. The van der Waals surface area contributed by atoms with Crippen molar-refractivity contribution in [2.75, 3.05) is 36.1 Å². The Bertz CT molecular complexity index is 1200. The number of carbonyl (C=O) groups is 4. The first-order valence-electron chi connectivity index (χ1n) is 15.7. The molecule has 2 aromatic carbocycles. The molecule has 6 rings (SSSR count). The van der Waals surface area contributed by atoms with E-state index in [2.05, 4.69) is 0 Å². The van der Waals surface area contributed by atoms with Crippen LogP contribution in [0, 0.1) is 11.8 Å². The van der Waals surface area contributed by atoms with E-state index in [1.165, 1.54) is 0 Å². The molecule has 2 spiro atoms. The van der Waals surface area contributed by atoms with Gasteiger partial charge in [0.1, 0.15) is 11.2 Å². The maximum Gasteiger partial charge on any atom is 0.415 e. The molecule has 0 atom stereocenters.